The lowest BCUT2D eigenvalue weighted by molar-refractivity contribution is -0.108. The Labute approximate surface area is 181 Å². The Morgan fingerprint density at radius 1 is 0.933 bits per heavy atom. The van der Waals surface area contributed by atoms with Crippen molar-refractivity contribution in [3.05, 3.63) is 60.2 Å². The summed E-state index contributed by atoms with van der Waals surface area (Å²) in [5.74, 6) is 1.33. The molecule has 0 radical (unpaired) electrons. The Morgan fingerprint density at radius 3 is 2.33 bits per heavy atom. The summed E-state index contributed by atoms with van der Waals surface area (Å²) in [6.45, 7) is 5.43. The van der Waals surface area contributed by atoms with Crippen molar-refractivity contribution in [3.8, 4) is 11.1 Å². The van der Waals surface area contributed by atoms with E-state index in [-0.39, 0.29) is 6.10 Å². The number of piperidine rings is 1. The van der Waals surface area contributed by atoms with Crippen LogP contribution in [0.3, 0.4) is 0 Å². The van der Waals surface area contributed by atoms with E-state index in [1.54, 1.807) is 0 Å². The van der Waals surface area contributed by atoms with E-state index in [9.17, 15) is 4.79 Å². The summed E-state index contributed by atoms with van der Waals surface area (Å²) in [7, 11) is 0. The number of nitrogens with zero attached hydrogens (tertiary/aromatic N) is 1. The van der Waals surface area contributed by atoms with Crippen LogP contribution in [-0.4, -0.2) is 36.4 Å². The molecule has 0 spiro atoms. The highest BCUT2D eigenvalue weighted by Gasteiger charge is 2.40. The molecule has 0 bridgehead atoms. The molecular weight excluding hydrogens is 370 g/mol. The van der Waals surface area contributed by atoms with Crippen molar-refractivity contribution in [2.45, 2.75) is 64.2 Å². The summed E-state index contributed by atoms with van der Waals surface area (Å²) in [5, 5.41) is 0. The second kappa shape index (κ2) is 10.4. The maximum Gasteiger partial charge on any atom is 0.120 e. The molecule has 2 aromatic carbocycles. The van der Waals surface area contributed by atoms with Crippen LogP contribution in [0.5, 0.6) is 0 Å². The fourth-order valence-corrected chi connectivity index (χ4v) is 5.30. The zero-order chi connectivity index (χ0) is 20.8. The van der Waals surface area contributed by atoms with Gasteiger partial charge in [0.1, 0.15) is 6.29 Å². The van der Waals surface area contributed by atoms with E-state index < -0.39 is 0 Å². The lowest BCUT2D eigenvalue weighted by Crippen LogP contribution is -2.44. The number of benzene rings is 2. The number of rotatable bonds is 8. The number of aldehydes is 1. The van der Waals surface area contributed by atoms with Crippen molar-refractivity contribution < 1.29 is 9.53 Å². The van der Waals surface area contributed by atoms with Gasteiger partial charge < -0.3 is 9.53 Å². The topological polar surface area (TPSA) is 29.5 Å². The Bertz CT molecular complexity index is 780. The summed E-state index contributed by atoms with van der Waals surface area (Å²) in [6, 6.07) is 19.8. The minimum atomic E-state index is 0.267. The fraction of sp³-hybridized carbons (Fsp3) is 0.519. The predicted octanol–water partition coefficient (Wildman–Crippen LogP) is 5.73. The Kier molecular flexibility index (Phi) is 7.35. The largest absolute Gasteiger partial charge is 0.373 e. The molecule has 1 heterocycles. The van der Waals surface area contributed by atoms with Gasteiger partial charge in [0.25, 0.3) is 0 Å². The van der Waals surface area contributed by atoms with Gasteiger partial charge in [-0.1, -0.05) is 61.5 Å². The summed E-state index contributed by atoms with van der Waals surface area (Å²) >= 11 is 0. The van der Waals surface area contributed by atoms with Gasteiger partial charge in [0, 0.05) is 18.4 Å². The first kappa shape index (κ1) is 21.3. The van der Waals surface area contributed by atoms with Gasteiger partial charge in [-0.05, 0) is 67.8 Å². The molecule has 2 aromatic rings. The molecule has 3 nitrogen and oxygen atoms in total. The van der Waals surface area contributed by atoms with Gasteiger partial charge >= 0.3 is 0 Å². The SMILES string of the molecule is CC1CCN([C@@H]2CC[C@@H](OCc3ccc(-c4ccccc4)cc3)[C@H]2CCC=O)CC1. The quantitative estimate of drug-likeness (QED) is 0.525. The van der Waals surface area contributed by atoms with E-state index in [1.807, 2.05) is 6.07 Å². The Balaban J connectivity index is 1.36. The lowest BCUT2D eigenvalue weighted by Gasteiger charge is -2.38. The summed E-state index contributed by atoms with van der Waals surface area (Å²) < 4.78 is 6.44. The molecule has 1 saturated heterocycles. The van der Waals surface area contributed by atoms with E-state index in [0.29, 0.717) is 25.0 Å². The third kappa shape index (κ3) is 5.19. The molecular formula is C27H35NO2. The second-order valence-corrected chi connectivity index (χ2v) is 9.18. The van der Waals surface area contributed by atoms with Gasteiger partial charge in [0.2, 0.25) is 0 Å². The molecule has 0 aromatic heterocycles. The summed E-state index contributed by atoms with van der Waals surface area (Å²) in [4.78, 5) is 13.8. The van der Waals surface area contributed by atoms with Crippen LogP contribution in [-0.2, 0) is 16.1 Å². The number of hydrogen-bond acceptors (Lipinski definition) is 3. The Hall–Kier alpha value is -1.97. The van der Waals surface area contributed by atoms with Crippen LogP contribution in [0.15, 0.2) is 54.6 Å². The van der Waals surface area contributed by atoms with Crippen molar-refractivity contribution >= 4 is 6.29 Å². The first-order chi connectivity index (χ1) is 14.7. The normalized spacial score (nSPS) is 25.4. The molecule has 2 aliphatic rings. The zero-order valence-electron chi connectivity index (χ0n) is 18.2. The molecule has 3 heteroatoms. The van der Waals surface area contributed by atoms with Crippen molar-refractivity contribution in [1.82, 2.24) is 4.90 Å². The number of carbonyl (C=O) groups excluding carboxylic acids is 1. The molecule has 1 saturated carbocycles. The van der Waals surface area contributed by atoms with Crippen molar-refractivity contribution in [3.63, 3.8) is 0 Å². The number of ether oxygens (including phenoxy) is 1. The first-order valence-corrected chi connectivity index (χ1v) is 11.7. The van der Waals surface area contributed by atoms with E-state index >= 15 is 0 Å². The van der Waals surface area contributed by atoms with Crippen LogP contribution in [0.4, 0.5) is 0 Å². The van der Waals surface area contributed by atoms with Crippen LogP contribution >= 0.6 is 0 Å². The molecule has 1 aliphatic carbocycles. The zero-order valence-corrected chi connectivity index (χ0v) is 18.2. The Morgan fingerprint density at radius 2 is 1.63 bits per heavy atom. The number of carbonyl (C=O) groups is 1. The van der Waals surface area contributed by atoms with Crippen LogP contribution < -0.4 is 0 Å². The first-order valence-electron chi connectivity index (χ1n) is 11.7. The fourth-order valence-electron chi connectivity index (χ4n) is 5.30. The van der Waals surface area contributed by atoms with Gasteiger partial charge in [-0.3, -0.25) is 4.90 Å². The lowest BCUT2D eigenvalue weighted by atomic mass is 9.91. The maximum absolute atomic E-state index is 11.1. The number of hydrogen-bond donors (Lipinski definition) is 0. The van der Waals surface area contributed by atoms with E-state index in [2.05, 4.69) is 60.4 Å². The van der Waals surface area contributed by atoms with Gasteiger partial charge in [0.05, 0.1) is 12.7 Å². The van der Waals surface area contributed by atoms with Crippen LogP contribution in [0.1, 0.15) is 51.0 Å². The third-order valence-corrected chi connectivity index (χ3v) is 7.15. The van der Waals surface area contributed by atoms with Gasteiger partial charge in [-0.2, -0.15) is 0 Å². The smallest absolute Gasteiger partial charge is 0.120 e. The molecule has 30 heavy (non-hydrogen) atoms. The second-order valence-electron chi connectivity index (χ2n) is 9.18. The molecule has 0 amide bonds. The summed E-state index contributed by atoms with van der Waals surface area (Å²) in [5.41, 5.74) is 3.70. The minimum Gasteiger partial charge on any atom is -0.373 e. The molecule has 0 N–H and O–H groups in total. The predicted molar refractivity (Wildman–Crippen MR) is 122 cm³/mol. The molecule has 1 aliphatic heterocycles. The molecule has 3 atom stereocenters. The average molecular weight is 406 g/mol. The van der Waals surface area contributed by atoms with E-state index in [0.717, 1.165) is 25.0 Å². The van der Waals surface area contributed by atoms with Gasteiger partial charge in [-0.25, -0.2) is 0 Å². The highest BCUT2D eigenvalue weighted by molar-refractivity contribution is 5.63. The molecule has 0 unspecified atom stereocenters. The van der Waals surface area contributed by atoms with Gasteiger partial charge in [-0.15, -0.1) is 0 Å². The average Bonchev–Trinajstić information content (AvgIpc) is 3.20. The van der Waals surface area contributed by atoms with Crippen molar-refractivity contribution in [2.75, 3.05) is 13.1 Å². The monoisotopic (exact) mass is 405 g/mol. The highest BCUT2D eigenvalue weighted by atomic mass is 16.5. The van der Waals surface area contributed by atoms with Crippen molar-refractivity contribution in [1.29, 1.82) is 0 Å². The maximum atomic E-state index is 11.1. The molecule has 160 valence electrons. The van der Waals surface area contributed by atoms with E-state index in [4.69, 9.17) is 4.74 Å². The summed E-state index contributed by atoms with van der Waals surface area (Å²) in [6.07, 6.45) is 7.87. The highest BCUT2D eigenvalue weighted by Crippen LogP contribution is 2.37. The standard InChI is InChI=1S/C27H35NO2/c1-21-15-17-28(18-16-21)26-13-14-27(25(26)8-5-19-29)30-20-22-9-11-24(12-10-22)23-6-3-2-4-7-23/h2-4,6-7,9-12,19,21,25-27H,5,8,13-18,20H2,1H3/t25-,26+,27+/m0/s1. The number of likely N-dealkylation sites (tertiary alicyclic amines) is 1. The minimum absolute atomic E-state index is 0.267. The van der Waals surface area contributed by atoms with Crippen molar-refractivity contribution in [2.24, 2.45) is 11.8 Å². The molecule has 2 fully saturated rings. The van der Waals surface area contributed by atoms with Crippen LogP contribution in [0.2, 0.25) is 0 Å². The molecule has 4 rings (SSSR count). The van der Waals surface area contributed by atoms with Crippen LogP contribution in [0, 0.1) is 11.8 Å². The van der Waals surface area contributed by atoms with E-state index in [1.165, 1.54) is 49.0 Å². The van der Waals surface area contributed by atoms with Gasteiger partial charge in [0.15, 0.2) is 0 Å². The third-order valence-electron chi connectivity index (χ3n) is 7.15. The van der Waals surface area contributed by atoms with Crippen LogP contribution in [0.25, 0.3) is 11.1 Å².